The van der Waals surface area contributed by atoms with Crippen molar-refractivity contribution in [3.05, 3.63) is 0 Å². The molecular formula is C7H14B2N2O2. The minimum absolute atomic E-state index is 0.000457. The van der Waals surface area contributed by atoms with E-state index in [9.17, 15) is 0 Å². The largest absolute Gasteiger partial charge is 0.455 e. The molecule has 70 valence electrons. The summed E-state index contributed by atoms with van der Waals surface area (Å²) in [6, 6.07) is 0. The Morgan fingerprint density at radius 1 is 1.23 bits per heavy atom. The van der Waals surface area contributed by atoms with Crippen LogP contribution in [0.5, 0.6) is 0 Å². The zero-order chi connectivity index (χ0) is 9.10. The quantitative estimate of drug-likeness (QED) is 0.478. The number of hydrogen-bond donors (Lipinski definition) is 0. The Kier molecular flexibility index (Phi) is 3.01. The Bertz CT molecular complexity index is 197. The molecule has 1 atom stereocenters. The summed E-state index contributed by atoms with van der Waals surface area (Å²) in [5.74, 6) is 0. The van der Waals surface area contributed by atoms with Gasteiger partial charge in [0, 0.05) is 12.7 Å². The summed E-state index contributed by atoms with van der Waals surface area (Å²) in [5, 5.41) is 8.25. The monoisotopic (exact) mass is 180 g/mol. The third-order valence-corrected chi connectivity index (χ3v) is 2.44. The van der Waals surface area contributed by atoms with E-state index in [2.05, 4.69) is 17.0 Å². The van der Waals surface area contributed by atoms with Gasteiger partial charge < -0.3 is 9.31 Å². The highest BCUT2D eigenvalue weighted by molar-refractivity contribution is 6.53. The van der Waals surface area contributed by atoms with E-state index in [-0.39, 0.29) is 14.1 Å². The van der Waals surface area contributed by atoms with Crippen LogP contribution in [0.2, 0.25) is 12.6 Å². The average Bonchev–Trinajstić information content (AvgIpc) is 2.71. The molecule has 0 amide bonds. The number of rotatable bonds is 2. The molecule has 2 fully saturated rings. The molecule has 2 rings (SSSR count). The summed E-state index contributed by atoms with van der Waals surface area (Å²) in [4.78, 5) is 0. The van der Waals surface area contributed by atoms with Gasteiger partial charge in [0.1, 0.15) is 0 Å². The molecule has 1 unspecified atom stereocenters. The molecule has 6 heteroatoms. The third kappa shape index (κ3) is 2.54. The maximum atomic E-state index is 5.51. The minimum Gasteiger partial charge on any atom is -0.415 e. The first-order valence-electron chi connectivity index (χ1n) is 5.01. The van der Waals surface area contributed by atoms with Crippen molar-refractivity contribution in [2.75, 3.05) is 6.61 Å². The van der Waals surface area contributed by atoms with E-state index in [1.807, 2.05) is 0 Å². The third-order valence-electron chi connectivity index (χ3n) is 2.44. The first-order valence-corrected chi connectivity index (χ1v) is 5.01. The lowest BCUT2D eigenvalue weighted by molar-refractivity contribution is 0.253. The van der Waals surface area contributed by atoms with Gasteiger partial charge in [-0.3, -0.25) is 0 Å². The van der Waals surface area contributed by atoms with Crippen LogP contribution in [0.25, 0.3) is 0 Å². The summed E-state index contributed by atoms with van der Waals surface area (Å²) in [6.45, 7) is 2.90. The highest BCUT2D eigenvalue weighted by Gasteiger charge is 2.28. The molecule has 2 aliphatic rings. The summed E-state index contributed by atoms with van der Waals surface area (Å²) in [6.07, 6.45) is 4.54. The first kappa shape index (κ1) is 9.21. The molecule has 4 nitrogen and oxygen atoms in total. The summed E-state index contributed by atoms with van der Waals surface area (Å²) in [5.41, 5.74) is 0. The molecule has 2 heterocycles. The minimum atomic E-state index is -0.0146. The molecule has 2 aliphatic heterocycles. The van der Waals surface area contributed by atoms with Crippen molar-refractivity contribution in [3.8, 4) is 0 Å². The SMILES string of the molecule is CC1CCB(N=NB2CCCO2)O1. The normalized spacial score (nSPS) is 29.5. The van der Waals surface area contributed by atoms with Gasteiger partial charge in [0.2, 0.25) is 0 Å². The van der Waals surface area contributed by atoms with E-state index in [1.54, 1.807) is 0 Å². The summed E-state index contributed by atoms with van der Waals surface area (Å²) >= 11 is 0. The zero-order valence-electron chi connectivity index (χ0n) is 7.98. The van der Waals surface area contributed by atoms with Gasteiger partial charge in [-0.05, 0) is 32.4 Å². The molecule has 0 N–H and O–H groups in total. The van der Waals surface area contributed by atoms with Gasteiger partial charge in [0.15, 0.2) is 0 Å². The van der Waals surface area contributed by atoms with Crippen LogP contribution in [0.1, 0.15) is 19.8 Å². The van der Waals surface area contributed by atoms with Gasteiger partial charge in [0.25, 0.3) is 0 Å². The second-order valence-electron chi connectivity index (χ2n) is 3.68. The van der Waals surface area contributed by atoms with Crippen molar-refractivity contribution in [1.29, 1.82) is 0 Å². The highest BCUT2D eigenvalue weighted by atomic mass is 16.5. The molecule has 0 aromatic rings. The van der Waals surface area contributed by atoms with Crippen LogP contribution in [0, 0.1) is 0 Å². The fourth-order valence-corrected chi connectivity index (χ4v) is 1.67. The zero-order valence-corrected chi connectivity index (χ0v) is 7.98. The molecule has 0 aromatic heterocycles. The second-order valence-corrected chi connectivity index (χ2v) is 3.68. The Morgan fingerprint density at radius 2 is 2.08 bits per heavy atom. The standard InChI is InChI=1S/C7H14B2N2O2/c1-7-3-5-9(13-7)11-10-8-4-2-6-12-8/h7H,2-6H2,1H3. The number of hydrogen-bond acceptors (Lipinski definition) is 4. The molecule has 0 aromatic carbocycles. The fraction of sp³-hybridized carbons (Fsp3) is 1.00. The van der Waals surface area contributed by atoms with Crippen LogP contribution in [-0.4, -0.2) is 26.8 Å². The molecule has 0 saturated carbocycles. The van der Waals surface area contributed by atoms with E-state index in [1.165, 1.54) is 0 Å². The van der Waals surface area contributed by atoms with Gasteiger partial charge in [-0.15, -0.1) is 0 Å². The van der Waals surface area contributed by atoms with Crippen molar-refractivity contribution in [3.63, 3.8) is 0 Å². The van der Waals surface area contributed by atoms with Crippen molar-refractivity contribution in [1.82, 2.24) is 0 Å². The lowest BCUT2D eigenvalue weighted by Gasteiger charge is -2.01. The Labute approximate surface area is 79.4 Å². The second kappa shape index (κ2) is 4.24. The van der Waals surface area contributed by atoms with Crippen LogP contribution in [0.3, 0.4) is 0 Å². The molecule has 2 saturated heterocycles. The molecule has 0 aliphatic carbocycles. The lowest BCUT2D eigenvalue weighted by Crippen LogP contribution is -2.13. The smallest absolute Gasteiger partial charge is 0.415 e. The van der Waals surface area contributed by atoms with E-state index in [0.29, 0.717) is 6.10 Å². The van der Waals surface area contributed by atoms with E-state index >= 15 is 0 Å². The lowest BCUT2D eigenvalue weighted by atomic mass is 9.79. The van der Waals surface area contributed by atoms with Crippen LogP contribution >= 0.6 is 0 Å². The van der Waals surface area contributed by atoms with E-state index < -0.39 is 0 Å². The highest BCUT2D eigenvalue weighted by Crippen LogP contribution is 2.19. The first-order chi connectivity index (χ1) is 6.34. The maximum Gasteiger partial charge on any atom is 0.455 e. The number of nitrogens with zero attached hydrogens (tertiary/aromatic N) is 2. The van der Waals surface area contributed by atoms with Gasteiger partial charge in [0.05, 0.1) is 0 Å². The van der Waals surface area contributed by atoms with Crippen LogP contribution in [-0.2, 0) is 9.31 Å². The molecule has 0 spiro atoms. The van der Waals surface area contributed by atoms with Crippen molar-refractivity contribution >= 4 is 14.1 Å². The van der Waals surface area contributed by atoms with Gasteiger partial charge in [-0.2, -0.15) is 0 Å². The Hall–Kier alpha value is -0.350. The molecule has 0 bridgehead atoms. The van der Waals surface area contributed by atoms with Crippen molar-refractivity contribution in [2.45, 2.75) is 38.5 Å². The Morgan fingerprint density at radius 3 is 2.69 bits per heavy atom. The molecular weight excluding hydrogens is 166 g/mol. The van der Waals surface area contributed by atoms with Crippen LogP contribution in [0.15, 0.2) is 10.1 Å². The summed E-state index contributed by atoms with van der Waals surface area (Å²) in [7, 11) is -0.0151. The van der Waals surface area contributed by atoms with E-state index in [0.717, 1.165) is 32.1 Å². The van der Waals surface area contributed by atoms with Gasteiger partial charge in [-0.25, -0.2) is 10.1 Å². The molecule has 13 heavy (non-hydrogen) atoms. The van der Waals surface area contributed by atoms with Crippen LogP contribution in [0.4, 0.5) is 0 Å². The fourth-order valence-electron chi connectivity index (χ4n) is 1.67. The van der Waals surface area contributed by atoms with Crippen LogP contribution < -0.4 is 0 Å². The predicted molar refractivity (Wildman–Crippen MR) is 51.7 cm³/mol. The van der Waals surface area contributed by atoms with Crippen molar-refractivity contribution in [2.24, 2.45) is 10.1 Å². The summed E-state index contributed by atoms with van der Waals surface area (Å²) < 4.78 is 10.8. The van der Waals surface area contributed by atoms with E-state index in [4.69, 9.17) is 9.31 Å². The van der Waals surface area contributed by atoms with Crippen molar-refractivity contribution < 1.29 is 9.31 Å². The average molecular weight is 180 g/mol. The van der Waals surface area contributed by atoms with Gasteiger partial charge >= 0.3 is 14.1 Å². The Balaban J connectivity index is 1.76. The topological polar surface area (TPSA) is 43.2 Å². The molecule has 0 radical (unpaired) electrons. The van der Waals surface area contributed by atoms with Gasteiger partial charge in [-0.1, -0.05) is 0 Å². The predicted octanol–water partition coefficient (Wildman–Crippen LogP) is 1.64. The maximum absolute atomic E-state index is 5.51.